The molecule has 0 saturated carbocycles. The maximum absolute atomic E-state index is 6.34. The Morgan fingerprint density at radius 3 is 1.50 bits per heavy atom. The van der Waals surface area contributed by atoms with Crippen LogP contribution < -0.4 is 16.8 Å². The first-order chi connectivity index (χ1) is 27.4. The van der Waals surface area contributed by atoms with E-state index in [2.05, 4.69) is 161 Å². The molecule has 0 radical (unpaired) electrons. The first kappa shape index (κ1) is 41.8. The Bertz CT molecular complexity index is 2290. The number of nitrogens with one attached hydrogen (secondary N) is 2. The van der Waals surface area contributed by atoms with E-state index in [9.17, 15) is 0 Å². The number of nitrogens with two attached hydrogens (primary N) is 2. The molecule has 0 heterocycles. The highest BCUT2D eigenvalue weighted by Crippen LogP contribution is 2.36. The summed E-state index contributed by atoms with van der Waals surface area (Å²) in [6, 6.07) is 55.4. The van der Waals surface area contributed by atoms with E-state index in [-0.39, 0.29) is 0 Å². The molecule has 282 valence electrons. The Hall–Kier alpha value is -6.91. The molecular formula is C52H54N4. The summed E-state index contributed by atoms with van der Waals surface area (Å²) < 4.78 is 0. The number of benzene rings is 7. The lowest BCUT2D eigenvalue weighted by molar-refractivity contribution is 1.19. The van der Waals surface area contributed by atoms with E-state index >= 15 is 0 Å². The molecule has 7 aromatic rings. The van der Waals surface area contributed by atoms with Crippen LogP contribution in [0.1, 0.15) is 33.4 Å². The van der Waals surface area contributed by atoms with Crippen molar-refractivity contribution in [3.63, 3.8) is 0 Å². The first-order valence-electron chi connectivity index (χ1n) is 18.8. The van der Waals surface area contributed by atoms with Crippen molar-refractivity contribution in [3.8, 4) is 22.3 Å². The molecule has 4 nitrogen and oxygen atoms in total. The summed E-state index contributed by atoms with van der Waals surface area (Å²) in [6.45, 7) is 13.1. The minimum absolute atomic E-state index is 0.696. The third-order valence-corrected chi connectivity index (χ3v) is 9.24. The molecule has 0 amide bonds. The number of hydrogen-bond acceptors (Lipinski definition) is 4. The van der Waals surface area contributed by atoms with Crippen molar-refractivity contribution in [1.82, 2.24) is 0 Å². The van der Waals surface area contributed by atoms with Gasteiger partial charge in [0.2, 0.25) is 0 Å². The van der Waals surface area contributed by atoms with Crippen LogP contribution in [0.3, 0.4) is 0 Å². The second-order valence-corrected chi connectivity index (χ2v) is 13.2. The molecular weight excluding hydrogens is 681 g/mol. The quantitative estimate of drug-likeness (QED) is 0.0676. The molecule has 0 aromatic heterocycles. The Labute approximate surface area is 334 Å². The average Bonchev–Trinajstić information content (AvgIpc) is 3.25. The highest BCUT2D eigenvalue weighted by atomic mass is 14.9. The van der Waals surface area contributed by atoms with Gasteiger partial charge in [-0.2, -0.15) is 0 Å². The molecule has 7 rings (SSSR count). The molecule has 0 aliphatic heterocycles. The zero-order valence-electron chi connectivity index (χ0n) is 32.9. The summed E-state index contributed by atoms with van der Waals surface area (Å²) in [5, 5.41) is 11.0. The molecule has 4 heteroatoms. The lowest BCUT2D eigenvalue weighted by Gasteiger charge is -2.17. The van der Waals surface area contributed by atoms with Gasteiger partial charge in [-0.05, 0) is 96.1 Å². The maximum Gasteiger partial charge on any atom is 0.0632 e. The smallest absolute Gasteiger partial charge is 0.0632 e. The Morgan fingerprint density at radius 2 is 1.02 bits per heavy atom. The Morgan fingerprint density at radius 1 is 0.571 bits per heavy atom. The van der Waals surface area contributed by atoms with Crippen molar-refractivity contribution in [1.29, 1.82) is 5.41 Å². The van der Waals surface area contributed by atoms with Crippen LogP contribution in [0.5, 0.6) is 0 Å². The minimum atomic E-state index is 0.696. The normalized spacial score (nSPS) is 10.4. The Balaban J connectivity index is 0.000000207. The van der Waals surface area contributed by atoms with Gasteiger partial charge in [0.1, 0.15) is 0 Å². The molecule has 6 N–H and O–H groups in total. The predicted molar refractivity (Wildman–Crippen MR) is 246 cm³/mol. The summed E-state index contributed by atoms with van der Waals surface area (Å²) in [6.07, 6.45) is 10.1. The van der Waals surface area contributed by atoms with Gasteiger partial charge in [-0.25, -0.2) is 0 Å². The predicted octanol–water partition coefficient (Wildman–Crippen LogP) is 13.0. The van der Waals surface area contributed by atoms with Crippen LogP contribution in [-0.4, -0.2) is 13.3 Å². The van der Waals surface area contributed by atoms with Crippen LogP contribution in [0.2, 0.25) is 0 Å². The summed E-state index contributed by atoms with van der Waals surface area (Å²) in [5.41, 5.74) is 26.2. The van der Waals surface area contributed by atoms with Crippen molar-refractivity contribution in [3.05, 3.63) is 222 Å². The molecule has 0 fully saturated rings. The second kappa shape index (κ2) is 22.3. The van der Waals surface area contributed by atoms with Gasteiger partial charge in [-0.1, -0.05) is 194 Å². The molecule has 56 heavy (non-hydrogen) atoms. The van der Waals surface area contributed by atoms with Gasteiger partial charge in [-0.3, -0.25) is 0 Å². The second-order valence-electron chi connectivity index (χ2n) is 13.2. The molecule has 0 atom stereocenters. The number of nitrogen functional groups attached to an aromatic ring is 1. The van der Waals surface area contributed by atoms with Gasteiger partial charge >= 0.3 is 0 Å². The fraction of sp³-hybridized carbons (Fsp3) is 0.0962. The van der Waals surface area contributed by atoms with Gasteiger partial charge in [0.15, 0.2) is 0 Å². The lowest BCUT2D eigenvalue weighted by atomic mass is 9.96. The van der Waals surface area contributed by atoms with E-state index in [1.54, 1.807) is 12.3 Å². The third kappa shape index (κ3) is 12.1. The number of fused-ring (bicyclic) bond motifs is 1. The molecule has 0 spiro atoms. The summed E-state index contributed by atoms with van der Waals surface area (Å²) >= 11 is 0. The molecule has 0 saturated heterocycles. The van der Waals surface area contributed by atoms with Crippen molar-refractivity contribution >= 4 is 34.9 Å². The van der Waals surface area contributed by atoms with Crippen LogP contribution in [-0.2, 0) is 6.42 Å². The number of anilines is 2. The summed E-state index contributed by atoms with van der Waals surface area (Å²) in [4.78, 5) is 0. The average molecular weight is 735 g/mol. The zero-order valence-corrected chi connectivity index (χ0v) is 32.9. The van der Waals surface area contributed by atoms with E-state index in [0.717, 1.165) is 39.7 Å². The highest BCUT2D eigenvalue weighted by molar-refractivity contribution is 6.05. The van der Waals surface area contributed by atoms with E-state index in [1.807, 2.05) is 54.6 Å². The fourth-order valence-corrected chi connectivity index (χ4v) is 6.27. The summed E-state index contributed by atoms with van der Waals surface area (Å²) in [7, 11) is 0. The monoisotopic (exact) mass is 734 g/mol. The van der Waals surface area contributed by atoms with Crippen molar-refractivity contribution < 1.29 is 0 Å². The molecule has 7 aromatic carbocycles. The van der Waals surface area contributed by atoms with Gasteiger partial charge in [0.05, 0.1) is 11.4 Å². The van der Waals surface area contributed by atoms with E-state index in [1.165, 1.54) is 44.5 Å². The number of hydrogen-bond donors (Lipinski definition) is 4. The summed E-state index contributed by atoms with van der Waals surface area (Å²) in [5.74, 6) is 0. The lowest BCUT2D eigenvalue weighted by Crippen LogP contribution is -2.06. The molecule has 0 bridgehead atoms. The largest absolute Gasteiger partial charge is 0.405 e. The number of allylic oxidation sites excluding steroid dienone is 2. The minimum Gasteiger partial charge on any atom is -0.405 e. The third-order valence-electron chi connectivity index (χ3n) is 9.24. The van der Waals surface area contributed by atoms with E-state index in [0.29, 0.717) is 6.54 Å². The van der Waals surface area contributed by atoms with Crippen LogP contribution in [0.4, 0.5) is 11.4 Å². The topological polar surface area (TPSA) is 87.9 Å². The highest BCUT2D eigenvalue weighted by Gasteiger charge is 2.12. The van der Waals surface area contributed by atoms with Crippen molar-refractivity contribution in [2.24, 2.45) is 5.73 Å². The van der Waals surface area contributed by atoms with Crippen molar-refractivity contribution in [2.45, 2.75) is 27.2 Å². The maximum atomic E-state index is 6.34. The molecule has 0 aliphatic carbocycles. The molecule has 0 aliphatic rings. The van der Waals surface area contributed by atoms with E-state index < -0.39 is 0 Å². The Kier molecular flexibility index (Phi) is 16.7. The number of aryl methyl sites for hydroxylation is 2. The van der Waals surface area contributed by atoms with Gasteiger partial charge in [-0.15, -0.1) is 0 Å². The molecule has 0 unspecified atom stereocenters. The van der Waals surface area contributed by atoms with Crippen molar-refractivity contribution in [2.75, 3.05) is 17.6 Å². The van der Waals surface area contributed by atoms with Gasteiger partial charge in [0, 0.05) is 11.9 Å². The van der Waals surface area contributed by atoms with Crippen LogP contribution in [0.15, 0.2) is 189 Å². The van der Waals surface area contributed by atoms with Gasteiger partial charge < -0.3 is 22.2 Å². The zero-order chi connectivity index (χ0) is 40.1. The standard InChI is InChI=1S/C26H22.C18H21N3.C7H8.CH3N/c1-20-7-13-24(14-8-20)26-17-11-22(12-18-26)19-21-9-15-25(16-10-21)23-5-3-2-4-6-23;1-3-4-7-12-21-18-13(2)14(10-11-19)15-8-5-6-9-16(15)17(18)20;1-7-5-3-2-4-6-7;1-2/h2-18H,19H2,1H3;3-11,21H,1,12,19-20H2,2H3;2-6H,1H3;2H,1H2/b;7-4-,11-10-;;. The van der Waals surface area contributed by atoms with Gasteiger partial charge in [0.25, 0.3) is 0 Å². The van der Waals surface area contributed by atoms with E-state index in [4.69, 9.17) is 16.9 Å². The fourth-order valence-electron chi connectivity index (χ4n) is 6.27. The number of rotatable bonds is 9. The van der Waals surface area contributed by atoms with Crippen LogP contribution in [0, 0.1) is 26.2 Å². The first-order valence-corrected chi connectivity index (χ1v) is 18.8. The SMILES string of the molecule is C=C/C=C\CNc1c(C)c(/C=C\N)c2ccccc2c1N.C=N.Cc1ccc(-c2ccc(Cc3ccc(-c4ccccc4)cc3)cc2)cc1.Cc1ccccc1. The van der Waals surface area contributed by atoms with Crippen LogP contribution in [0.25, 0.3) is 39.1 Å². The van der Waals surface area contributed by atoms with Crippen LogP contribution >= 0.6 is 0 Å².